The lowest BCUT2D eigenvalue weighted by molar-refractivity contribution is -0.130. The fraction of sp³-hybridized carbons (Fsp3) is 0.562. The molecule has 3 unspecified atom stereocenters. The van der Waals surface area contributed by atoms with Crippen molar-refractivity contribution >= 4 is 16.7 Å². The molecule has 1 fully saturated rings. The van der Waals surface area contributed by atoms with Gasteiger partial charge in [0.2, 0.25) is 5.91 Å². The lowest BCUT2D eigenvalue weighted by atomic mass is 10.1. The summed E-state index contributed by atoms with van der Waals surface area (Å²) in [5.41, 5.74) is 1.02. The molecule has 1 aliphatic rings. The first-order valence-electron chi connectivity index (χ1n) is 7.55. The monoisotopic (exact) mass is 308 g/mol. The lowest BCUT2D eigenvalue weighted by Crippen LogP contribution is -2.38. The van der Waals surface area contributed by atoms with Gasteiger partial charge in [0.15, 0.2) is 0 Å². The minimum atomic E-state index is -0.795. The van der Waals surface area contributed by atoms with E-state index in [4.69, 9.17) is 0 Å². The number of nitrogens with one attached hydrogen (secondary N) is 1. The summed E-state index contributed by atoms with van der Waals surface area (Å²) in [5.74, 6) is 0.792. The first-order valence-corrected chi connectivity index (χ1v) is 9.27. The summed E-state index contributed by atoms with van der Waals surface area (Å²) in [6, 6.07) is 9.62. The van der Waals surface area contributed by atoms with Crippen LogP contribution in [0, 0.1) is 0 Å². The molecular formula is C16H24N2O2S. The highest BCUT2D eigenvalue weighted by molar-refractivity contribution is 7.84. The summed E-state index contributed by atoms with van der Waals surface area (Å²) in [6.45, 7) is 2.81. The van der Waals surface area contributed by atoms with Gasteiger partial charge in [0, 0.05) is 29.4 Å². The Morgan fingerprint density at radius 1 is 1.29 bits per heavy atom. The highest BCUT2D eigenvalue weighted by Gasteiger charge is 2.38. The third-order valence-corrected chi connectivity index (χ3v) is 4.65. The van der Waals surface area contributed by atoms with Crippen LogP contribution in [0.2, 0.25) is 0 Å². The Balaban J connectivity index is 2.07. The molecule has 1 aromatic carbocycles. The lowest BCUT2D eigenvalue weighted by Gasteiger charge is -2.23. The molecule has 2 rings (SSSR count). The van der Waals surface area contributed by atoms with E-state index in [0.717, 1.165) is 24.8 Å². The van der Waals surface area contributed by atoms with E-state index < -0.39 is 10.8 Å². The standard InChI is InChI=1S/C16H24N2O2S/c1-3-8-14-17-15(13-9-5-4-6-10-13)16(19)18(14)11-7-12-21(2)20/h4-6,9-10,14-15,17H,3,7-8,11-12H2,1-2H3. The fourth-order valence-electron chi connectivity index (χ4n) is 2.77. The van der Waals surface area contributed by atoms with Gasteiger partial charge in [0.05, 0.1) is 6.17 Å². The second-order valence-corrected chi connectivity index (χ2v) is 7.03. The minimum Gasteiger partial charge on any atom is -0.325 e. The molecule has 1 amide bonds. The molecule has 5 heteroatoms. The highest BCUT2D eigenvalue weighted by atomic mass is 32.2. The van der Waals surface area contributed by atoms with Crippen molar-refractivity contribution in [3.05, 3.63) is 35.9 Å². The first-order chi connectivity index (χ1) is 10.1. The molecule has 0 spiro atoms. The SMILES string of the molecule is CCCC1NC(c2ccccc2)C(=O)N1CCCS(C)=O. The Morgan fingerprint density at radius 3 is 2.62 bits per heavy atom. The van der Waals surface area contributed by atoms with Crippen LogP contribution in [-0.2, 0) is 15.6 Å². The zero-order valence-electron chi connectivity index (χ0n) is 12.7. The van der Waals surface area contributed by atoms with Crippen molar-refractivity contribution in [2.24, 2.45) is 0 Å². The van der Waals surface area contributed by atoms with E-state index in [2.05, 4.69) is 12.2 Å². The third kappa shape index (κ3) is 4.14. The van der Waals surface area contributed by atoms with Gasteiger partial charge in [-0.2, -0.15) is 0 Å². The molecule has 4 nitrogen and oxygen atoms in total. The van der Waals surface area contributed by atoms with Crippen molar-refractivity contribution in [3.8, 4) is 0 Å². The van der Waals surface area contributed by atoms with E-state index in [9.17, 15) is 9.00 Å². The number of rotatable bonds is 7. The van der Waals surface area contributed by atoms with Gasteiger partial charge in [-0.3, -0.25) is 14.3 Å². The van der Waals surface area contributed by atoms with Crippen molar-refractivity contribution in [3.63, 3.8) is 0 Å². The fourth-order valence-corrected chi connectivity index (χ4v) is 3.31. The summed E-state index contributed by atoms with van der Waals surface area (Å²) in [4.78, 5) is 14.6. The van der Waals surface area contributed by atoms with E-state index in [0.29, 0.717) is 12.3 Å². The summed E-state index contributed by atoms with van der Waals surface area (Å²) >= 11 is 0. The van der Waals surface area contributed by atoms with E-state index in [-0.39, 0.29) is 18.1 Å². The number of hydrogen-bond donors (Lipinski definition) is 1. The second-order valence-electron chi connectivity index (χ2n) is 5.48. The van der Waals surface area contributed by atoms with Crippen molar-refractivity contribution in [1.29, 1.82) is 0 Å². The Labute approximate surface area is 129 Å². The van der Waals surface area contributed by atoms with Crippen LogP contribution in [0.5, 0.6) is 0 Å². The molecule has 1 aliphatic heterocycles. The topological polar surface area (TPSA) is 49.4 Å². The van der Waals surface area contributed by atoms with Gasteiger partial charge in [0.1, 0.15) is 6.04 Å². The van der Waals surface area contributed by atoms with Crippen LogP contribution in [0.4, 0.5) is 0 Å². The molecule has 0 bridgehead atoms. The summed E-state index contributed by atoms with van der Waals surface area (Å²) in [5, 5.41) is 3.45. The molecule has 0 aliphatic carbocycles. The van der Waals surface area contributed by atoms with Crippen LogP contribution < -0.4 is 5.32 Å². The number of hydrogen-bond acceptors (Lipinski definition) is 3. The number of carbonyl (C=O) groups excluding carboxylic acids is 1. The van der Waals surface area contributed by atoms with Gasteiger partial charge in [-0.15, -0.1) is 0 Å². The van der Waals surface area contributed by atoms with Crippen molar-refractivity contribution in [2.45, 2.75) is 38.4 Å². The summed E-state index contributed by atoms with van der Waals surface area (Å²) < 4.78 is 11.2. The van der Waals surface area contributed by atoms with E-state index in [1.807, 2.05) is 35.2 Å². The zero-order valence-corrected chi connectivity index (χ0v) is 13.6. The van der Waals surface area contributed by atoms with Crippen molar-refractivity contribution < 1.29 is 9.00 Å². The number of benzene rings is 1. The van der Waals surface area contributed by atoms with Crippen molar-refractivity contribution in [1.82, 2.24) is 10.2 Å². The molecule has 1 N–H and O–H groups in total. The molecule has 1 heterocycles. The molecule has 0 aromatic heterocycles. The maximum atomic E-state index is 12.7. The van der Waals surface area contributed by atoms with Gasteiger partial charge in [-0.05, 0) is 18.4 Å². The van der Waals surface area contributed by atoms with E-state index in [1.165, 1.54) is 0 Å². The molecular weight excluding hydrogens is 284 g/mol. The third-order valence-electron chi connectivity index (χ3n) is 3.79. The predicted octanol–water partition coefficient (Wildman–Crippen LogP) is 2.05. The summed E-state index contributed by atoms with van der Waals surface area (Å²) in [6.07, 6.45) is 4.57. The molecule has 116 valence electrons. The molecule has 0 radical (unpaired) electrons. The number of carbonyl (C=O) groups is 1. The molecule has 1 aromatic rings. The Kier molecular flexibility index (Phi) is 5.94. The average molecular weight is 308 g/mol. The van der Waals surface area contributed by atoms with Gasteiger partial charge in [-0.25, -0.2) is 0 Å². The van der Waals surface area contributed by atoms with E-state index in [1.54, 1.807) is 6.26 Å². The largest absolute Gasteiger partial charge is 0.325 e. The smallest absolute Gasteiger partial charge is 0.245 e. The first kappa shape index (κ1) is 16.2. The van der Waals surface area contributed by atoms with Crippen molar-refractivity contribution in [2.75, 3.05) is 18.6 Å². The van der Waals surface area contributed by atoms with E-state index >= 15 is 0 Å². The van der Waals surface area contributed by atoms with Crippen LogP contribution >= 0.6 is 0 Å². The Bertz CT molecular complexity index is 492. The zero-order chi connectivity index (χ0) is 15.2. The molecule has 21 heavy (non-hydrogen) atoms. The maximum absolute atomic E-state index is 12.7. The summed E-state index contributed by atoms with van der Waals surface area (Å²) in [7, 11) is -0.795. The maximum Gasteiger partial charge on any atom is 0.245 e. The highest BCUT2D eigenvalue weighted by Crippen LogP contribution is 2.26. The Morgan fingerprint density at radius 2 is 2.00 bits per heavy atom. The molecule has 3 atom stereocenters. The van der Waals surface area contributed by atoms with Crippen LogP contribution in [0.1, 0.15) is 37.8 Å². The van der Waals surface area contributed by atoms with Crippen LogP contribution in [0.25, 0.3) is 0 Å². The van der Waals surface area contributed by atoms with Crippen LogP contribution in [0.15, 0.2) is 30.3 Å². The van der Waals surface area contributed by atoms with Gasteiger partial charge in [0.25, 0.3) is 0 Å². The normalized spacial score (nSPS) is 23.5. The average Bonchev–Trinajstić information content (AvgIpc) is 2.77. The molecule has 1 saturated heterocycles. The predicted molar refractivity (Wildman–Crippen MR) is 86.3 cm³/mol. The van der Waals surface area contributed by atoms with Gasteiger partial charge >= 0.3 is 0 Å². The Hall–Kier alpha value is -1.20. The number of amides is 1. The second kappa shape index (κ2) is 7.71. The molecule has 0 saturated carbocycles. The minimum absolute atomic E-state index is 0.0954. The van der Waals surface area contributed by atoms with Crippen LogP contribution in [-0.4, -0.2) is 39.7 Å². The quantitative estimate of drug-likeness (QED) is 0.839. The van der Waals surface area contributed by atoms with Gasteiger partial charge in [-0.1, -0.05) is 43.7 Å². The van der Waals surface area contributed by atoms with Gasteiger partial charge < -0.3 is 4.90 Å². The van der Waals surface area contributed by atoms with Crippen LogP contribution in [0.3, 0.4) is 0 Å². The number of nitrogens with zero attached hydrogens (tertiary/aromatic N) is 1.